The molecule has 1 aliphatic rings. The lowest BCUT2D eigenvalue weighted by Crippen LogP contribution is -2.28. The monoisotopic (exact) mass is 334 g/mol. The van der Waals surface area contributed by atoms with Crippen LogP contribution in [0.15, 0.2) is 24.3 Å². The van der Waals surface area contributed by atoms with Crippen LogP contribution in [0.4, 0.5) is 0 Å². The second kappa shape index (κ2) is 11.0. The molecule has 5 nitrogen and oxygen atoms in total. The third kappa shape index (κ3) is 7.32. The van der Waals surface area contributed by atoms with Crippen LogP contribution >= 0.6 is 0 Å². The predicted molar refractivity (Wildman–Crippen MR) is 95.0 cm³/mol. The van der Waals surface area contributed by atoms with E-state index in [0.717, 1.165) is 18.7 Å². The minimum absolute atomic E-state index is 0.342. The van der Waals surface area contributed by atoms with Crippen LogP contribution in [0.5, 0.6) is 5.75 Å². The average Bonchev–Trinajstić information content (AvgIpc) is 2.57. The van der Waals surface area contributed by atoms with Gasteiger partial charge in [0.25, 0.3) is 0 Å². The minimum atomic E-state index is -0.459. The number of carbonyl (C=O) groups is 1. The molecule has 1 fully saturated rings. The van der Waals surface area contributed by atoms with E-state index in [1.165, 1.54) is 50.8 Å². The van der Waals surface area contributed by atoms with Gasteiger partial charge in [-0.1, -0.05) is 31.4 Å². The van der Waals surface area contributed by atoms with Gasteiger partial charge in [0.15, 0.2) is 0 Å². The number of amides is 1. The molecule has 24 heavy (non-hydrogen) atoms. The molecule has 5 heteroatoms. The molecule has 1 amide bonds. The van der Waals surface area contributed by atoms with Crippen LogP contribution in [0, 0.1) is 0 Å². The Morgan fingerprint density at radius 2 is 1.92 bits per heavy atom. The van der Waals surface area contributed by atoms with Crippen LogP contribution in [0.1, 0.15) is 44.1 Å². The normalized spacial score (nSPS) is 16.2. The van der Waals surface area contributed by atoms with E-state index in [-0.39, 0.29) is 5.91 Å². The Balaban J connectivity index is 1.73. The van der Waals surface area contributed by atoms with E-state index in [0.29, 0.717) is 13.2 Å². The molecule has 134 valence electrons. The summed E-state index contributed by atoms with van der Waals surface area (Å²) in [6, 6.07) is 8.30. The maximum Gasteiger partial charge on any atom is 0.245 e. The zero-order valence-corrected chi connectivity index (χ0v) is 14.5. The summed E-state index contributed by atoms with van der Waals surface area (Å²) < 4.78 is 5.76. The standard InChI is InChI=1S/C19H30N2O3/c22-16-19(23)20-10-7-13-24-18-9-6-8-17(14-18)15-21-11-4-2-1-3-5-12-21/h6,8-9,14,22H,1-5,7,10-13,15-16H2,(H,20,23). The number of aliphatic hydroxyl groups excluding tert-OH is 1. The molecule has 1 aromatic rings. The third-order valence-corrected chi connectivity index (χ3v) is 4.31. The van der Waals surface area contributed by atoms with Gasteiger partial charge in [-0.15, -0.1) is 0 Å². The van der Waals surface area contributed by atoms with Gasteiger partial charge in [0, 0.05) is 13.1 Å². The highest BCUT2D eigenvalue weighted by molar-refractivity contribution is 5.76. The Morgan fingerprint density at radius 3 is 2.67 bits per heavy atom. The van der Waals surface area contributed by atoms with Crippen molar-refractivity contribution < 1.29 is 14.6 Å². The first kappa shape index (κ1) is 18.7. The van der Waals surface area contributed by atoms with Gasteiger partial charge in [-0.05, 0) is 50.0 Å². The summed E-state index contributed by atoms with van der Waals surface area (Å²) in [5.41, 5.74) is 1.29. The molecule has 2 N–H and O–H groups in total. The van der Waals surface area contributed by atoms with Crippen LogP contribution in [0.3, 0.4) is 0 Å². The van der Waals surface area contributed by atoms with Gasteiger partial charge in [0.2, 0.25) is 5.91 Å². The molecular formula is C19H30N2O3. The Kier molecular flexibility index (Phi) is 8.63. The highest BCUT2D eigenvalue weighted by Gasteiger charge is 2.09. The SMILES string of the molecule is O=C(CO)NCCCOc1cccc(CN2CCCCCCC2)c1. The quantitative estimate of drug-likeness (QED) is 0.716. The second-order valence-electron chi connectivity index (χ2n) is 6.40. The third-order valence-electron chi connectivity index (χ3n) is 4.31. The molecule has 0 saturated carbocycles. The number of rotatable bonds is 8. The number of benzene rings is 1. The van der Waals surface area contributed by atoms with E-state index in [1.54, 1.807) is 0 Å². The van der Waals surface area contributed by atoms with Gasteiger partial charge in [-0.2, -0.15) is 0 Å². The van der Waals surface area contributed by atoms with E-state index in [2.05, 4.69) is 22.3 Å². The number of carbonyl (C=O) groups excluding carboxylic acids is 1. The first-order valence-corrected chi connectivity index (χ1v) is 9.09. The first-order chi connectivity index (χ1) is 11.8. The zero-order chi connectivity index (χ0) is 17.0. The molecule has 1 heterocycles. The lowest BCUT2D eigenvalue weighted by Gasteiger charge is -2.24. The number of aliphatic hydroxyl groups is 1. The topological polar surface area (TPSA) is 61.8 Å². The van der Waals surface area contributed by atoms with Crippen molar-refractivity contribution in [3.63, 3.8) is 0 Å². The van der Waals surface area contributed by atoms with Crippen LogP contribution in [0.25, 0.3) is 0 Å². The fraction of sp³-hybridized carbons (Fsp3) is 0.632. The molecule has 1 aliphatic heterocycles. The molecule has 0 aliphatic carbocycles. The van der Waals surface area contributed by atoms with E-state index >= 15 is 0 Å². The summed E-state index contributed by atoms with van der Waals surface area (Å²) >= 11 is 0. The summed E-state index contributed by atoms with van der Waals surface area (Å²) in [4.78, 5) is 13.5. The largest absolute Gasteiger partial charge is 0.494 e. The molecule has 1 saturated heterocycles. The lowest BCUT2D eigenvalue weighted by atomic mass is 10.1. The van der Waals surface area contributed by atoms with E-state index in [4.69, 9.17) is 9.84 Å². The smallest absolute Gasteiger partial charge is 0.245 e. The fourth-order valence-corrected chi connectivity index (χ4v) is 3.01. The van der Waals surface area contributed by atoms with Crippen LogP contribution in [0.2, 0.25) is 0 Å². The van der Waals surface area contributed by atoms with Crippen LogP contribution in [-0.4, -0.2) is 48.8 Å². The number of hydrogen-bond donors (Lipinski definition) is 2. The summed E-state index contributed by atoms with van der Waals surface area (Å²) in [5.74, 6) is 0.540. The number of ether oxygens (including phenoxy) is 1. The summed E-state index contributed by atoms with van der Waals surface area (Å²) in [6.45, 7) is 3.99. The first-order valence-electron chi connectivity index (χ1n) is 9.09. The molecular weight excluding hydrogens is 304 g/mol. The fourth-order valence-electron chi connectivity index (χ4n) is 3.01. The molecule has 0 radical (unpaired) electrons. The molecule has 0 aromatic heterocycles. The lowest BCUT2D eigenvalue weighted by molar-refractivity contribution is -0.123. The Labute approximate surface area is 145 Å². The highest BCUT2D eigenvalue weighted by atomic mass is 16.5. The van der Waals surface area contributed by atoms with E-state index in [9.17, 15) is 4.79 Å². The zero-order valence-electron chi connectivity index (χ0n) is 14.5. The number of nitrogens with one attached hydrogen (secondary N) is 1. The number of hydrogen-bond acceptors (Lipinski definition) is 4. The van der Waals surface area contributed by atoms with Crippen molar-refractivity contribution in [3.05, 3.63) is 29.8 Å². The van der Waals surface area contributed by atoms with Gasteiger partial charge in [0.1, 0.15) is 12.4 Å². The summed E-state index contributed by atoms with van der Waals surface area (Å²) in [7, 11) is 0. The van der Waals surface area contributed by atoms with Crippen molar-refractivity contribution in [2.24, 2.45) is 0 Å². The van der Waals surface area contributed by atoms with Gasteiger partial charge in [-0.25, -0.2) is 0 Å². The van der Waals surface area contributed by atoms with Crippen molar-refractivity contribution in [1.29, 1.82) is 0 Å². The molecule has 1 aromatic carbocycles. The molecule has 0 atom stereocenters. The maximum absolute atomic E-state index is 10.9. The average molecular weight is 334 g/mol. The molecule has 0 unspecified atom stereocenters. The van der Waals surface area contributed by atoms with Gasteiger partial charge in [0.05, 0.1) is 6.61 Å². The summed E-state index contributed by atoms with van der Waals surface area (Å²) in [6.07, 6.45) is 7.42. The minimum Gasteiger partial charge on any atom is -0.494 e. The van der Waals surface area contributed by atoms with Crippen molar-refractivity contribution >= 4 is 5.91 Å². The Hall–Kier alpha value is -1.59. The predicted octanol–water partition coefficient (Wildman–Crippen LogP) is 2.33. The van der Waals surface area contributed by atoms with Crippen molar-refractivity contribution in [2.45, 2.75) is 45.1 Å². The Bertz CT molecular complexity index is 485. The van der Waals surface area contributed by atoms with Crippen LogP contribution in [-0.2, 0) is 11.3 Å². The molecule has 2 rings (SSSR count). The number of likely N-dealkylation sites (tertiary alicyclic amines) is 1. The van der Waals surface area contributed by atoms with Crippen molar-refractivity contribution in [1.82, 2.24) is 10.2 Å². The molecule has 0 spiro atoms. The van der Waals surface area contributed by atoms with E-state index < -0.39 is 6.61 Å². The molecule has 0 bridgehead atoms. The highest BCUT2D eigenvalue weighted by Crippen LogP contribution is 2.17. The van der Waals surface area contributed by atoms with Gasteiger partial charge < -0.3 is 15.2 Å². The van der Waals surface area contributed by atoms with Gasteiger partial charge in [-0.3, -0.25) is 9.69 Å². The second-order valence-corrected chi connectivity index (χ2v) is 6.40. The summed E-state index contributed by atoms with van der Waals surface area (Å²) in [5, 5.41) is 11.2. The van der Waals surface area contributed by atoms with Crippen molar-refractivity contribution in [2.75, 3.05) is 32.8 Å². The number of nitrogens with zero attached hydrogens (tertiary/aromatic N) is 1. The Morgan fingerprint density at radius 1 is 1.17 bits per heavy atom. The van der Waals surface area contributed by atoms with Gasteiger partial charge >= 0.3 is 0 Å². The van der Waals surface area contributed by atoms with Crippen molar-refractivity contribution in [3.8, 4) is 5.75 Å². The van der Waals surface area contributed by atoms with Crippen LogP contribution < -0.4 is 10.1 Å². The maximum atomic E-state index is 10.9. The van der Waals surface area contributed by atoms with E-state index in [1.807, 2.05) is 12.1 Å².